The van der Waals surface area contributed by atoms with Crippen molar-refractivity contribution in [1.82, 2.24) is 10.3 Å². The van der Waals surface area contributed by atoms with Crippen LogP contribution >= 0.6 is 0 Å². The predicted molar refractivity (Wildman–Crippen MR) is 97.4 cm³/mol. The van der Waals surface area contributed by atoms with E-state index in [0.29, 0.717) is 24.1 Å². The van der Waals surface area contributed by atoms with Crippen molar-refractivity contribution >= 4 is 11.9 Å². The summed E-state index contributed by atoms with van der Waals surface area (Å²) >= 11 is 0. The van der Waals surface area contributed by atoms with Gasteiger partial charge in [-0.3, -0.25) is 14.6 Å². The highest BCUT2D eigenvalue weighted by Crippen LogP contribution is 2.22. The summed E-state index contributed by atoms with van der Waals surface area (Å²) in [4.78, 5) is 28.4. The zero-order valence-corrected chi connectivity index (χ0v) is 14.9. The lowest BCUT2D eigenvalue weighted by molar-refractivity contribution is -0.138. The van der Waals surface area contributed by atoms with Crippen molar-refractivity contribution in [2.75, 3.05) is 0 Å². The summed E-state index contributed by atoms with van der Waals surface area (Å²) in [5, 5.41) is 12.1. The van der Waals surface area contributed by atoms with Crippen molar-refractivity contribution < 1.29 is 14.7 Å². The van der Waals surface area contributed by atoms with Crippen LogP contribution in [0.3, 0.4) is 0 Å². The molecule has 0 aliphatic heterocycles. The molecule has 2 aromatic rings. The van der Waals surface area contributed by atoms with Crippen LogP contribution in [0.25, 0.3) is 11.3 Å². The molecular formula is C20H24N2O3. The molecule has 1 amide bonds. The fourth-order valence-corrected chi connectivity index (χ4v) is 2.89. The average molecular weight is 340 g/mol. The summed E-state index contributed by atoms with van der Waals surface area (Å²) in [6.45, 7) is 5.56. The summed E-state index contributed by atoms with van der Waals surface area (Å²) < 4.78 is 0. The minimum atomic E-state index is -0.918. The van der Waals surface area contributed by atoms with Crippen LogP contribution in [-0.4, -0.2) is 27.5 Å². The second-order valence-corrected chi connectivity index (χ2v) is 6.21. The number of hydrogen-bond acceptors (Lipinski definition) is 3. The standard InChI is InChI=1S/C20H24N2O3/c1-4-20(5-2,13-18(23)24)22-19(25)16-11-12-17(21-14(16)3)15-9-7-6-8-10-15/h6-12H,4-5,13H2,1-3H3,(H,22,25)(H,23,24). The van der Waals surface area contributed by atoms with Crippen molar-refractivity contribution in [3.8, 4) is 11.3 Å². The first kappa shape index (κ1) is 18.6. The lowest BCUT2D eigenvalue weighted by atomic mass is 9.88. The fourth-order valence-electron chi connectivity index (χ4n) is 2.89. The maximum Gasteiger partial charge on any atom is 0.305 e. The Balaban J connectivity index is 2.26. The van der Waals surface area contributed by atoms with Gasteiger partial charge in [-0.15, -0.1) is 0 Å². The van der Waals surface area contributed by atoms with Crippen molar-refractivity contribution in [3.63, 3.8) is 0 Å². The van der Waals surface area contributed by atoms with Gasteiger partial charge in [-0.1, -0.05) is 44.2 Å². The number of carbonyl (C=O) groups is 2. The SMILES string of the molecule is CCC(CC)(CC(=O)O)NC(=O)c1ccc(-c2ccccc2)nc1C. The fraction of sp³-hybridized carbons (Fsp3) is 0.350. The van der Waals surface area contributed by atoms with Crippen molar-refractivity contribution in [2.45, 2.75) is 45.6 Å². The number of aliphatic carboxylic acids is 1. The van der Waals surface area contributed by atoms with E-state index >= 15 is 0 Å². The van der Waals surface area contributed by atoms with Gasteiger partial charge in [-0.05, 0) is 31.9 Å². The molecule has 0 fully saturated rings. The number of pyridine rings is 1. The number of rotatable bonds is 7. The number of carboxylic acids is 1. The third-order valence-corrected chi connectivity index (χ3v) is 4.62. The molecule has 0 radical (unpaired) electrons. The molecule has 0 atom stereocenters. The van der Waals surface area contributed by atoms with E-state index in [2.05, 4.69) is 10.3 Å². The van der Waals surface area contributed by atoms with Crippen LogP contribution < -0.4 is 5.32 Å². The van der Waals surface area contributed by atoms with Gasteiger partial charge in [0, 0.05) is 5.56 Å². The van der Waals surface area contributed by atoms with Crippen LogP contribution in [0.5, 0.6) is 0 Å². The van der Waals surface area contributed by atoms with Gasteiger partial charge in [-0.2, -0.15) is 0 Å². The summed E-state index contributed by atoms with van der Waals surface area (Å²) in [6, 6.07) is 13.3. The van der Waals surface area contributed by atoms with Crippen molar-refractivity contribution in [1.29, 1.82) is 0 Å². The van der Waals surface area contributed by atoms with Gasteiger partial charge in [0.2, 0.25) is 0 Å². The molecule has 2 N–H and O–H groups in total. The second kappa shape index (κ2) is 7.92. The molecule has 1 aromatic carbocycles. The molecule has 0 unspecified atom stereocenters. The van der Waals surface area contributed by atoms with E-state index in [1.165, 1.54) is 0 Å². The summed E-state index contributed by atoms with van der Waals surface area (Å²) in [5.41, 5.74) is 2.14. The summed E-state index contributed by atoms with van der Waals surface area (Å²) in [5.74, 6) is -1.20. The number of carbonyl (C=O) groups excluding carboxylic acids is 1. The first-order valence-corrected chi connectivity index (χ1v) is 8.48. The van der Waals surface area contributed by atoms with Gasteiger partial charge in [-0.25, -0.2) is 0 Å². The molecule has 0 aliphatic rings. The monoisotopic (exact) mass is 340 g/mol. The lowest BCUT2D eigenvalue weighted by Crippen LogP contribution is -2.49. The molecule has 1 heterocycles. The van der Waals surface area contributed by atoms with E-state index in [-0.39, 0.29) is 12.3 Å². The number of nitrogens with zero attached hydrogens (tertiary/aromatic N) is 1. The Morgan fingerprint density at radius 3 is 2.24 bits per heavy atom. The van der Waals surface area contributed by atoms with Crippen LogP contribution in [-0.2, 0) is 4.79 Å². The highest BCUT2D eigenvalue weighted by atomic mass is 16.4. The summed E-state index contributed by atoms with van der Waals surface area (Å²) in [7, 11) is 0. The van der Waals surface area contributed by atoms with E-state index in [1.54, 1.807) is 13.0 Å². The number of nitrogens with one attached hydrogen (secondary N) is 1. The topological polar surface area (TPSA) is 79.3 Å². The van der Waals surface area contributed by atoms with E-state index in [1.807, 2.05) is 50.2 Å². The Morgan fingerprint density at radius 2 is 1.72 bits per heavy atom. The molecule has 25 heavy (non-hydrogen) atoms. The number of aryl methyl sites for hydroxylation is 1. The molecule has 0 bridgehead atoms. The van der Waals surface area contributed by atoms with Crippen LogP contribution in [0.15, 0.2) is 42.5 Å². The largest absolute Gasteiger partial charge is 0.481 e. The molecular weight excluding hydrogens is 316 g/mol. The van der Waals surface area contributed by atoms with Gasteiger partial charge >= 0.3 is 5.97 Å². The van der Waals surface area contributed by atoms with Crippen LogP contribution in [0, 0.1) is 6.92 Å². The molecule has 0 saturated heterocycles. The van der Waals surface area contributed by atoms with E-state index < -0.39 is 11.5 Å². The number of amides is 1. The molecule has 5 heteroatoms. The molecule has 1 aromatic heterocycles. The first-order chi connectivity index (χ1) is 11.9. The Morgan fingerprint density at radius 1 is 1.08 bits per heavy atom. The minimum absolute atomic E-state index is 0.0969. The smallest absolute Gasteiger partial charge is 0.305 e. The Kier molecular flexibility index (Phi) is 5.91. The Bertz CT molecular complexity index is 753. The first-order valence-electron chi connectivity index (χ1n) is 8.48. The second-order valence-electron chi connectivity index (χ2n) is 6.21. The van der Waals surface area contributed by atoms with Crippen molar-refractivity contribution in [2.24, 2.45) is 0 Å². The van der Waals surface area contributed by atoms with Crippen molar-refractivity contribution in [3.05, 3.63) is 53.7 Å². The Hall–Kier alpha value is -2.69. The lowest BCUT2D eigenvalue weighted by Gasteiger charge is -2.31. The van der Waals surface area contributed by atoms with Gasteiger partial charge in [0.1, 0.15) is 0 Å². The maximum atomic E-state index is 12.7. The van der Waals surface area contributed by atoms with E-state index in [0.717, 1.165) is 11.3 Å². The molecule has 5 nitrogen and oxygen atoms in total. The highest BCUT2D eigenvalue weighted by Gasteiger charge is 2.31. The minimum Gasteiger partial charge on any atom is -0.481 e. The highest BCUT2D eigenvalue weighted by molar-refractivity contribution is 5.96. The van der Waals surface area contributed by atoms with E-state index in [9.17, 15) is 9.59 Å². The third-order valence-electron chi connectivity index (χ3n) is 4.62. The van der Waals surface area contributed by atoms with Crippen LogP contribution in [0.1, 0.15) is 49.2 Å². The zero-order valence-electron chi connectivity index (χ0n) is 14.9. The van der Waals surface area contributed by atoms with Gasteiger partial charge in [0.15, 0.2) is 0 Å². The van der Waals surface area contributed by atoms with Crippen LogP contribution in [0.4, 0.5) is 0 Å². The average Bonchev–Trinajstić information content (AvgIpc) is 2.61. The van der Waals surface area contributed by atoms with Gasteiger partial charge < -0.3 is 10.4 Å². The molecule has 2 rings (SSSR count). The third kappa shape index (κ3) is 4.44. The van der Waals surface area contributed by atoms with E-state index in [4.69, 9.17) is 5.11 Å². The molecule has 0 spiro atoms. The number of aromatic nitrogens is 1. The summed E-state index contributed by atoms with van der Waals surface area (Å²) in [6.07, 6.45) is 1.01. The Labute approximate surface area is 148 Å². The number of hydrogen-bond donors (Lipinski definition) is 2. The number of benzene rings is 1. The maximum absolute atomic E-state index is 12.7. The predicted octanol–water partition coefficient (Wildman–Crippen LogP) is 3.82. The zero-order chi connectivity index (χ0) is 18.4. The molecule has 132 valence electrons. The van der Waals surface area contributed by atoms with Gasteiger partial charge in [0.05, 0.1) is 28.9 Å². The van der Waals surface area contributed by atoms with Gasteiger partial charge in [0.25, 0.3) is 5.91 Å². The number of carboxylic acid groups (broad SMARTS) is 1. The molecule has 0 saturated carbocycles. The van der Waals surface area contributed by atoms with Crippen LogP contribution in [0.2, 0.25) is 0 Å². The quantitative estimate of drug-likeness (QED) is 0.803. The molecule has 0 aliphatic carbocycles. The normalized spacial score (nSPS) is 11.2.